The third-order valence-corrected chi connectivity index (χ3v) is 10.0. The predicted molar refractivity (Wildman–Crippen MR) is 165 cm³/mol. The van der Waals surface area contributed by atoms with E-state index in [9.17, 15) is 4.79 Å². The number of Topliss-reactive ketones (excluding diaryl/α,β-unsaturated/α-hetero) is 1. The van der Waals surface area contributed by atoms with Crippen molar-refractivity contribution >= 4 is 28.6 Å². The largest absolute Gasteiger partial charge is 0.492 e. The van der Waals surface area contributed by atoms with Gasteiger partial charge in [0.1, 0.15) is 11.4 Å². The van der Waals surface area contributed by atoms with Gasteiger partial charge in [-0.1, -0.05) is 69.3 Å². The molecule has 1 aromatic heterocycles. The predicted octanol–water partition coefficient (Wildman–Crippen LogP) is 7.02. The van der Waals surface area contributed by atoms with Crippen molar-refractivity contribution in [2.75, 3.05) is 6.61 Å². The summed E-state index contributed by atoms with van der Waals surface area (Å²) < 4.78 is 11.4. The molecule has 2 aliphatic heterocycles. The molecule has 3 aromatic rings. The van der Waals surface area contributed by atoms with Gasteiger partial charge in [0.2, 0.25) is 0 Å². The van der Waals surface area contributed by atoms with Crippen LogP contribution in [-0.4, -0.2) is 38.3 Å². The number of benzene rings is 2. The average Bonchev–Trinajstić information content (AvgIpc) is 3.21. The van der Waals surface area contributed by atoms with E-state index in [2.05, 4.69) is 83.0 Å². The molecule has 4 bridgehead atoms. The van der Waals surface area contributed by atoms with E-state index >= 15 is 0 Å². The summed E-state index contributed by atoms with van der Waals surface area (Å²) >= 11 is 1.74. The SMILES string of the molecule is CC(=O)C1(C)NC(C)[C@H]2COc3ccccc3-c3c(C4CCCCC4)c4ccc(cc4n3C2)CN(SC(C)C)N1. The van der Waals surface area contributed by atoms with Gasteiger partial charge < -0.3 is 9.30 Å². The zero-order valence-electron chi connectivity index (χ0n) is 24.6. The molecule has 0 spiro atoms. The molecular weight excluding hydrogens is 516 g/mol. The molecule has 2 unspecified atom stereocenters. The fourth-order valence-electron chi connectivity index (χ4n) is 6.94. The molecule has 3 aliphatic rings. The van der Waals surface area contributed by atoms with Gasteiger partial charge in [-0.05, 0) is 68.9 Å². The second-order valence-corrected chi connectivity index (χ2v) is 14.1. The second kappa shape index (κ2) is 11.2. The topological polar surface area (TPSA) is 58.5 Å². The summed E-state index contributed by atoms with van der Waals surface area (Å²) in [6, 6.07) is 15.7. The van der Waals surface area contributed by atoms with Crippen molar-refractivity contribution in [3.63, 3.8) is 0 Å². The number of carbonyl (C=O) groups is 1. The molecule has 0 amide bonds. The van der Waals surface area contributed by atoms with Crippen molar-refractivity contribution in [3.05, 3.63) is 53.6 Å². The lowest BCUT2D eigenvalue weighted by atomic mass is 9.81. The van der Waals surface area contributed by atoms with E-state index in [4.69, 9.17) is 4.74 Å². The van der Waals surface area contributed by atoms with Crippen LogP contribution < -0.4 is 15.5 Å². The molecule has 2 N–H and O–H groups in total. The normalized spacial score (nSPS) is 26.1. The van der Waals surface area contributed by atoms with Crippen molar-refractivity contribution in [2.45, 2.75) is 103 Å². The lowest BCUT2D eigenvalue weighted by Gasteiger charge is -2.40. The summed E-state index contributed by atoms with van der Waals surface area (Å²) in [4.78, 5) is 13.1. The van der Waals surface area contributed by atoms with E-state index in [1.807, 2.05) is 6.92 Å². The van der Waals surface area contributed by atoms with Crippen LogP contribution in [0.3, 0.4) is 0 Å². The molecule has 1 saturated carbocycles. The smallest absolute Gasteiger partial charge is 0.165 e. The minimum absolute atomic E-state index is 0.0311. The number of nitrogens with one attached hydrogen (secondary N) is 2. The highest BCUT2D eigenvalue weighted by molar-refractivity contribution is 7.97. The van der Waals surface area contributed by atoms with Crippen LogP contribution in [0.2, 0.25) is 0 Å². The highest BCUT2D eigenvalue weighted by atomic mass is 32.2. The molecule has 6 nitrogen and oxygen atoms in total. The van der Waals surface area contributed by atoms with Crippen molar-refractivity contribution in [1.29, 1.82) is 0 Å². The molecule has 0 radical (unpaired) electrons. The van der Waals surface area contributed by atoms with Crippen LogP contribution in [-0.2, 0) is 17.9 Å². The van der Waals surface area contributed by atoms with Gasteiger partial charge in [-0.2, -0.15) is 4.41 Å². The quantitative estimate of drug-likeness (QED) is 0.334. The van der Waals surface area contributed by atoms with E-state index in [0.717, 1.165) is 12.3 Å². The van der Waals surface area contributed by atoms with Crippen molar-refractivity contribution in [3.8, 4) is 17.0 Å². The molecule has 214 valence electrons. The molecule has 1 aliphatic carbocycles. The van der Waals surface area contributed by atoms with Crippen molar-refractivity contribution in [1.82, 2.24) is 19.7 Å². The number of ketones is 1. The summed E-state index contributed by atoms with van der Waals surface area (Å²) in [5, 5.41) is 5.48. The molecule has 6 rings (SSSR count). The van der Waals surface area contributed by atoms with Gasteiger partial charge in [0.05, 0.1) is 12.3 Å². The number of hydrogen-bond acceptors (Lipinski definition) is 6. The van der Waals surface area contributed by atoms with Crippen LogP contribution in [0.15, 0.2) is 42.5 Å². The number of nitrogens with zero attached hydrogens (tertiary/aromatic N) is 2. The number of rotatable bonds is 4. The summed E-state index contributed by atoms with van der Waals surface area (Å²) in [5.41, 5.74) is 9.31. The Morgan fingerprint density at radius 1 is 1.12 bits per heavy atom. The third-order valence-electron chi connectivity index (χ3n) is 9.13. The van der Waals surface area contributed by atoms with E-state index in [1.54, 1.807) is 18.9 Å². The highest BCUT2D eigenvalue weighted by Gasteiger charge is 2.38. The van der Waals surface area contributed by atoms with E-state index in [-0.39, 0.29) is 17.7 Å². The molecular formula is C33H44N4O2S. The third kappa shape index (κ3) is 5.22. The standard InChI is InChI=1S/C33H44N4O2S/c1-21(2)40-37-18-24-15-16-27-29(17-24)36-19-26(22(3)34-33(5,35-37)23(4)38)20-39-30-14-10-9-13-28(30)32(36)31(27)25-11-7-6-8-12-25/h9-10,13-17,21-22,25-26,34-35H,6-8,11-12,18-20H2,1-5H3/t22?,26-,33?/m1/s1. The molecule has 2 aromatic carbocycles. The fourth-order valence-corrected chi connectivity index (χ4v) is 7.91. The summed E-state index contributed by atoms with van der Waals surface area (Å²) in [7, 11) is 0. The maximum absolute atomic E-state index is 13.1. The number of fused-ring (bicyclic) bond motifs is 4. The Balaban J connectivity index is 1.59. The Kier molecular flexibility index (Phi) is 7.77. The molecule has 3 heterocycles. The first-order chi connectivity index (χ1) is 19.2. The van der Waals surface area contributed by atoms with Crippen LogP contribution in [0.4, 0.5) is 0 Å². The van der Waals surface area contributed by atoms with Crippen LogP contribution in [0.25, 0.3) is 22.2 Å². The Bertz CT molecular complexity index is 1390. The first-order valence-electron chi connectivity index (χ1n) is 15.1. The van der Waals surface area contributed by atoms with E-state index < -0.39 is 5.66 Å². The Morgan fingerprint density at radius 2 is 1.90 bits per heavy atom. The molecule has 0 saturated heterocycles. The number of para-hydroxylation sites is 1. The Hall–Kier alpha value is -2.32. The zero-order chi connectivity index (χ0) is 28.0. The monoisotopic (exact) mass is 560 g/mol. The maximum atomic E-state index is 13.1. The summed E-state index contributed by atoms with van der Waals surface area (Å²) in [6.07, 6.45) is 6.43. The van der Waals surface area contributed by atoms with Gasteiger partial charge in [0, 0.05) is 46.8 Å². The number of aromatic nitrogens is 1. The van der Waals surface area contributed by atoms with Crippen molar-refractivity contribution in [2.24, 2.45) is 5.92 Å². The molecule has 40 heavy (non-hydrogen) atoms. The molecule has 3 atom stereocenters. The van der Waals surface area contributed by atoms with Crippen molar-refractivity contribution < 1.29 is 9.53 Å². The fraction of sp³-hybridized carbons (Fsp3) is 0.545. The first kappa shape index (κ1) is 27.8. The zero-order valence-corrected chi connectivity index (χ0v) is 25.4. The number of ether oxygens (including phenoxy) is 1. The average molecular weight is 561 g/mol. The Labute approximate surface area is 243 Å². The van der Waals surface area contributed by atoms with E-state index in [1.165, 1.54) is 65.4 Å². The maximum Gasteiger partial charge on any atom is 0.165 e. The van der Waals surface area contributed by atoms with Crippen LogP contribution in [0.5, 0.6) is 5.75 Å². The minimum atomic E-state index is -0.902. The van der Waals surface area contributed by atoms with Gasteiger partial charge in [-0.15, -0.1) is 0 Å². The van der Waals surface area contributed by atoms with Gasteiger partial charge in [0.25, 0.3) is 0 Å². The number of carbonyl (C=O) groups excluding carboxylic acids is 1. The summed E-state index contributed by atoms with van der Waals surface area (Å²) in [5.74, 6) is 1.75. The molecule has 1 fully saturated rings. The van der Waals surface area contributed by atoms with Gasteiger partial charge in [0.15, 0.2) is 5.78 Å². The number of hydrazine groups is 1. The van der Waals surface area contributed by atoms with Gasteiger partial charge in [-0.25, -0.2) is 5.43 Å². The van der Waals surface area contributed by atoms with Crippen LogP contribution >= 0.6 is 11.9 Å². The highest BCUT2D eigenvalue weighted by Crippen LogP contribution is 2.47. The van der Waals surface area contributed by atoms with Gasteiger partial charge >= 0.3 is 0 Å². The first-order valence-corrected chi connectivity index (χ1v) is 15.9. The second-order valence-electron chi connectivity index (χ2n) is 12.5. The lowest BCUT2D eigenvalue weighted by Crippen LogP contribution is -2.66. The molecule has 7 heteroatoms. The van der Waals surface area contributed by atoms with Crippen LogP contribution in [0.1, 0.15) is 83.8 Å². The number of hydrogen-bond donors (Lipinski definition) is 2. The van der Waals surface area contributed by atoms with Crippen LogP contribution in [0, 0.1) is 5.92 Å². The van der Waals surface area contributed by atoms with Gasteiger partial charge in [-0.3, -0.25) is 10.1 Å². The lowest BCUT2D eigenvalue weighted by molar-refractivity contribution is -0.126. The van der Waals surface area contributed by atoms with E-state index in [0.29, 0.717) is 24.3 Å². The minimum Gasteiger partial charge on any atom is -0.492 e. The summed E-state index contributed by atoms with van der Waals surface area (Å²) in [6.45, 7) is 12.3. The Morgan fingerprint density at radius 3 is 2.65 bits per heavy atom.